The van der Waals surface area contributed by atoms with Gasteiger partial charge < -0.3 is 14.6 Å². The van der Waals surface area contributed by atoms with Gasteiger partial charge in [0.05, 0.1) is 12.2 Å². The zero-order valence-electron chi connectivity index (χ0n) is 16.5. The van der Waals surface area contributed by atoms with Crippen molar-refractivity contribution >= 4 is 5.97 Å². The van der Waals surface area contributed by atoms with E-state index in [2.05, 4.69) is 37.6 Å². The Labute approximate surface area is 165 Å². The lowest BCUT2D eigenvalue weighted by Crippen LogP contribution is -2.26. The molecule has 1 saturated heterocycles. The van der Waals surface area contributed by atoms with Crippen molar-refractivity contribution in [1.82, 2.24) is 4.98 Å². The van der Waals surface area contributed by atoms with Gasteiger partial charge in [-0.15, -0.1) is 0 Å². The fourth-order valence-corrected chi connectivity index (χ4v) is 2.99. The van der Waals surface area contributed by atoms with Crippen molar-refractivity contribution < 1.29 is 19.4 Å². The fraction of sp³-hybridized carbons (Fsp3) is 0.391. The Morgan fingerprint density at radius 1 is 1.21 bits per heavy atom. The number of hydrogen-bond donors (Lipinski definition) is 1. The standard InChI is InChI=1S/C23H25NO4/c1-23(2,3)19-12-8-16(14-20(19)28-21-6-4-5-13-27-21)7-10-18-11-9-17(15-24-18)22(25)26/h8-9,11-12,14-15,21H,4-6,13H2,1-3H3,(H,25,26). The number of rotatable bonds is 3. The van der Waals surface area contributed by atoms with Crippen LogP contribution in [0.15, 0.2) is 36.5 Å². The van der Waals surface area contributed by atoms with Crippen LogP contribution in [0, 0.1) is 11.8 Å². The predicted octanol–water partition coefficient (Wildman–Crippen LogP) is 4.38. The van der Waals surface area contributed by atoms with Crippen molar-refractivity contribution in [2.24, 2.45) is 0 Å². The van der Waals surface area contributed by atoms with Crippen molar-refractivity contribution in [1.29, 1.82) is 0 Å². The second kappa shape index (κ2) is 8.45. The second-order valence-electron chi connectivity index (χ2n) is 7.86. The summed E-state index contributed by atoms with van der Waals surface area (Å²) in [6.45, 7) is 7.18. The van der Waals surface area contributed by atoms with E-state index in [9.17, 15) is 4.79 Å². The van der Waals surface area contributed by atoms with E-state index < -0.39 is 5.97 Å². The summed E-state index contributed by atoms with van der Waals surface area (Å²) in [4.78, 5) is 15.0. The monoisotopic (exact) mass is 379 g/mol. The maximum Gasteiger partial charge on any atom is 0.337 e. The van der Waals surface area contributed by atoms with Crippen LogP contribution in [0.5, 0.6) is 5.75 Å². The molecular weight excluding hydrogens is 354 g/mol. The Hall–Kier alpha value is -2.84. The van der Waals surface area contributed by atoms with Gasteiger partial charge in [0, 0.05) is 18.2 Å². The summed E-state index contributed by atoms with van der Waals surface area (Å²) < 4.78 is 11.9. The van der Waals surface area contributed by atoms with Gasteiger partial charge in [0.25, 0.3) is 0 Å². The van der Waals surface area contributed by atoms with Crippen LogP contribution in [0.3, 0.4) is 0 Å². The minimum Gasteiger partial charge on any atom is -0.478 e. The van der Waals surface area contributed by atoms with Crippen LogP contribution in [0.2, 0.25) is 0 Å². The minimum absolute atomic E-state index is 0.0653. The molecule has 1 aromatic heterocycles. The summed E-state index contributed by atoms with van der Waals surface area (Å²) in [7, 11) is 0. The quantitative estimate of drug-likeness (QED) is 0.802. The number of ether oxygens (including phenoxy) is 2. The summed E-state index contributed by atoms with van der Waals surface area (Å²) >= 11 is 0. The van der Waals surface area contributed by atoms with E-state index >= 15 is 0 Å². The van der Waals surface area contributed by atoms with Crippen molar-refractivity contribution in [2.45, 2.75) is 51.7 Å². The van der Waals surface area contributed by atoms with E-state index in [4.69, 9.17) is 14.6 Å². The molecule has 28 heavy (non-hydrogen) atoms. The fourth-order valence-electron chi connectivity index (χ4n) is 2.99. The number of carboxylic acid groups (broad SMARTS) is 1. The summed E-state index contributed by atoms with van der Waals surface area (Å²) in [6.07, 6.45) is 4.16. The van der Waals surface area contributed by atoms with E-state index in [0.29, 0.717) is 5.69 Å². The highest BCUT2D eigenvalue weighted by molar-refractivity contribution is 5.87. The summed E-state index contributed by atoms with van der Waals surface area (Å²) in [5, 5.41) is 8.94. The molecule has 1 N–H and O–H groups in total. The van der Waals surface area contributed by atoms with Gasteiger partial charge in [-0.2, -0.15) is 0 Å². The highest BCUT2D eigenvalue weighted by Gasteiger charge is 2.23. The van der Waals surface area contributed by atoms with Crippen LogP contribution >= 0.6 is 0 Å². The molecule has 5 nitrogen and oxygen atoms in total. The van der Waals surface area contributed by atoms with Crippen LogP contribution < -0.4 is 4.74 Å². The largest absolute Gasteiger partial charge is 0.478 e. The van der Waals surface area contributed by atoms with Gasteiger partial charge >= 0.3 is 5.97 Å². The Morgan fingerprint density at radius 3 is 2.64 bits per heavy atom. The van der Waals surface area contributed by atoms with Crippen LogP contribution in [-0.2, 0) is 10.2 Å². The number of pyridine rings is 1. The molecule has 2 aromatic rings. The second-order valence-corrected chi connectivity index (χ2v) is 7.86. The Bertz CT molecular complexity index is 895. The van der Waals surface area contributed by atoms with E-state index in [1.165, 1.54) is 12.3 Å². The van der Waals surface area contributed by atoms with Crippen LogP contribution in [0.25, 0.3) is 0 Å². The van der Waals surface area contributed by atoms with Gasteiger partial charge in [0.1, 0.15) is 11.4 Å². The number of aromatic nitrogens is 1. The molecule has 1 aliphatic rings. The summed E-state index contributed by atoms with van der Waals surface area (Å²) in [5.74, 6) is 5.85. The highest BCUT2D eigenvalue weighted by atomic mass is 16.7. The zero-order chi connectivity index (χ0) is 20.1. The lowest BCUT2D eigenvalue weighted by molar-refractivity contribution is -0.106. The van der Waals surface area contributed by atoms with E-state index in [1.807, 2.05) is 18.2 Å². The third-order valence-corrected chi connectivity index (χ3v) is 4.53. The molecule has 0 radical (unpaired) electrons. The van der Waals surface area contributed by atoms with E-state index in [1.54, 1.807) is 6.07 Å². The number of aromatic carboxylic acids is 1. The SMILES string of the molecule is CC(C)(C)c1ccc(C#Cc2ccc(C(=O)O)cn2)cc1OC1CCCCO1. The molecular formula is C23H25NO4. The van der Waals surface area contributed by atoms with Gasteiger partial charge in [0.2, 0.25) is 0 Å². The first-order chi connectivity index (χ1) is 13.3. The average Bonchev–Trinajstić information content (AvgIpc) is 2.67. The summed E-state index contributed by atoms with van der Waals surface area (Å²) in [5.41, 5.74) is 2.51. The molecule has 5 heteroatoms. The van der Waals surface area contributed by atoms with Crippen molar-refractivity contribution in [3.05, 3.63) is 58.9 Å². The molecule has 1 unspecified atom stereocenters. The molecule has 0 bridgehead atoms. The molecule has 0 saturated carbocycles. The topological polar surface area (TPSA) is 68.7 Å². The molecule has 1 aromatic carbocycles. The molecule has 0 spiro atoms. The molecule has 1 aliphatic heterocycles. The van der Waals surface area contributed by atoms with Gasteiger partial charge in [0.15, 0.2) is 6.29 Å². The van der Waals surface area contributed by atoms with Gasteiger partial charge in [-0.3, -0.25) is 0 Å². The molecule has 1 atom stereocenters. The first-order valence-corrected chi connectivity index (χ1v) is 9.47. The van der Waals surface area contributed by atoms with Crippen molar-refractivity contribution in [3.63, 3.8) is 0 Å². The van der Waals surface area contributed by atoms with Crippen LogP contribution in [-0.4, -0.2) is 29.0 Å². The number of carboxylic acids is 1. The molecule has 0 amide bonds. The van der Waals surface area contributed by atoms with Gasteiger partial charge in [-0.1, -0.05) is 32.8 Å². The minimum atomic E-state index is -1.00. The number of benzene rings is 1. The molecule has 0 aliphatic carbocycles. The van der Waals surface area contributed by atoms with Crippen LogP contribution in [0.4, 0.5) is 0 Å². The number of hydrogen-bond acceptors (Lipinski definition) is 4. The first-order valence-electron chi connectivity index (χ1n) is 9.47. The maximum absolute atomic E-state index is 10.9. The molecule has 146 valence electrons. The van der Waals surface area contributed by atoms with E-state index in [-0.39, 0.29) is 17.3 Å². The Morgan fingerprint density at radius 2 is 2.04 bits per heavy atom. The molecule has 3 rings (SSSR count). The normalized spacial score (nSPS) is 16.8. The predicted molar refractivity (Wildman–Crippen MR) is 107 cm³/mol. The van der Waals surface area contributed by atoms with Gasteiger partial charge in [-0.05, 0) is 54.0 Å². The van der Waals surface area contributed by atoms with Crippen molar-refractivity contribution in [3.8, 4) is 17.6 Å². The Kier molecular flexibility index (Phi) is 6.01. The first kappa shape index (κ1) is 19.9. The molecule has 1 fully saturated rings. The lowest BCUT2D eigenvalue weighted by Gasteiger charge is -2.28. The number of carbonyl (C=O) groups is 1. The molecule has 2 heterocycles. The van der Waals surface area contributed by atoms with Gasteiger partial charge in [-0.25, -0.2) is 9.78 Å². The Balaban J connectivity index is 1.85. The summed E-state index contributed by atoms with van der Waals surface area (Å²) in [6, 6.07) is 9.05. The highest BCUT2D eigenvalue weighted by Crippen LogP contribution is 2.33. The smallest absolute Gasteiger partial charge is 0.337 e. The van der Waals surface area contributed by atoms with Crippen molar-refractivity contribution in [2.75, 3.05) is 6.61 Å². The van der Waals surface area contributed by atoms with Crippen LogP contribution in [0.1, 0.15) is 67.2 Å². The lowest BCUT2D eigenvalue weighted by atomic mass is 9.86. The zero-order valence-corrected chi connectivity index (χ0v) is 16.5. The number of nitrogens with zero attached hydrogens (tertiary/aromatic N) is 1. The van der Waals surface area contributed by atoms with E-state index in [0.717, 1.165) is 42.7 Å². The average molecular weight is 379 g/mol. The third kappa shape index (κ3) is 5.11. The third-order valence-electron chi connectivity index (χ3n) is 4.53. The maximum atomic E-state index is 10.9.